The molecule has 0 unspecified atom stereocenters. The number of benzene rings is 1. The van der Waals surface area contributed by atoms with E-state index >= 15 is 0 Å². The highest BCUT2D eigenvalue weighted by atomic mass is 14.6. The fraction of sp³-hybridized carbons (Fsp3) is 0. The van der Waals surface area contributed by atoms with Crippen molar-refractivity contribution < 1.29 is 0 Å². The van der Waals surface area contributed by atoms with Crippen molar-refractivity contribution in [3.63, 3.8) is 0 Å². The summed E-state index contributed by atoms with van der Waals surface area (Å²) < 4.78 is 0. The average molecular weight is 169 g/mol. The van der Waals surface area contributed by atoms with Crippen molar-refractivity contribution >= 4 is 5.70 Å². The summed E-state index contributed by atoms with van der Waals surface area (Å²) in [5.41, 5.74) is 7.16. The van der Waals surface area contributed by atoms with E-state index in [9.17, 15) is 0 Å². The number of allylic oxidation sites excluding steroid dienone is 1. The van der Waals surface area contributed by atoms with Crippen molar-refractivity contribution in [3.8, 4) is 12.1 Å². The first kappa shape index (κ1) is 8.83. The van der Waals surface area contributed by atoms with Crippen molar-refractivity contribution in [3.05, 3.63) is 41.5 Å². The van der Waals surface area contributed by atoms with Crippen LogP contribution in [0.2, 0.25) is 0 Å². The molecule has 0 spiro atoms. The largest absolute Gasteiger partial charge is 0.398 e. The fourth-order valence-electron chi connectivity index (χ4n) is 0.921. The van der Waals surface area contributed by atoms with Crippen molar-refractivity contribution in [2.75, 3.05) is 0 Å². The standard InChI is InChI=1S/C10H7N3/c11-5-4-10(13)9-3-1-2-8(6-9)7-12/h1-4,6H,13H2. The van der Waals surface area contributed by atoms with Crippen LogP contribution < -0.4 is 5.73 Å². The third-order valence-corrected chi connectivity index (χ3v) is 1.55. The first-order valence-corrected chi connectivity index (χ1v) is 3.63. The van der Waals surface area contributed by atoms with Gasteiger partial charge in [0.15, 0.2) is 0 Å². The van der Waals surface area contributed by atoms with Gasteiger partial charge in [0.05, 0.1) is 17.7 Å². The molecule has 1 aromatic rings. The van der Waals surface area contributed by atoms with Crippen LogP contribution in [0.3, 0.4) is 0 Å². The number of hydrogen-bond acceptors (Lipinski definition) is 3. The topological polar surface area (TPSA) is 73.6 Å². The van der Waals surface area contributed by atoms with Gasteiger partial charge in [0.25, 0.3) is 0 Å². The predicted molar refractivity (Wildman–Crippen MR) is 48.9 cm³/mol. The summed E-state index contributed by atoms with van der Waals surface area (Å²) in [7, 11) is 0. The van der Waals surface area contributed by atoms with E-state index in [1.807, 2.05) is 12.1 Å². The molecule has 0 fully saturated rings. The molecule has 13 heavy (non-hydrogen) atoms. The lowest BCUT2D eigenvalue weighted by Gasteiger charge is -1.98. The second kappa shape index (κ2) is 3.94. The maximum atomic E-state index is 8.60. The summed E-state index contributed by atoms with van der Waals surface area (Å²) in [6, 6.07) is 10.6. The molecule has 0 aliphatic carbocycles. The van der Waals surface area contributed by atoms with Crippen molar-refractivity contribution in [1.29, 1.82) is 10.5 Å². The molecule has 3 nitrogen and oxygen atoms in total. The van der Waals surface area contributed by atoms with Crippen LogP contribution in [0.5, 0.6) is 0 Å². The van der Waals surface area contributed by atoms with Crippen LogP contribution in [-0.4, -0.2) is 0 Å². The minimum absolute atomic E-state index is 0.375. The van der Waals surface area contributed by atoms with E-state index in [0.29, 0.717) is 16.8 Å². The summed E-state index contributed by atoms with van der Waals surface area (Å²) in [6.45, 7) is 0. The molecule has 0 aliphatic rings. The Kier molecular flexibility index (Phi) is 2.68. The van der Waals surface area contributed by atoms with Gasteiger partial charge in [-0.2, -0.15) is 10.5 Å². The van der Waals surface area contributed by atoms with Gasteiger partial charge in [0.1, 0.15) is 0 Å². The van der Waals surface area contributed by atoms with Gasteiger partial charge in [-0.1, -0.05) is 12.1 Å². The van der Waals surface area contributed by atoms with Gasteiger partial charge in [-0.05, 0) is 17.7 Å². The third-order valence-electron chi connectivity index (χ3n) is 1.55. The molecule has 3 heteroatoms. The normalized spacial score (nSPS) is 10.2. The van der Waals surface area contributed by atoms with Crippen LogP contribution in [0.25, 0.3) is 5.70 Å². The highest BCUT2D eigenvalue weighted by molar-refractivity contribution is 5.65. The van der Waals surface area contributed by atoms with Crippen molar-refractivity contribution in [2.45, 2.75) is 0 Å². The van der Waals surface area contributed by atoms with Gasteiger partial charge < -0.3 is 5.73 Å². The summed E-state index contributed by atoms with van der Waals surface area (Å²) >= 11 is 0. The maximum Gasteiger partial charge on any atom is 0.0991 e. The zero-order valence-corrected chi connectivity index (χ0v) is 6.86. The highest BCUT2D eigenvalue weighted by Crippen LogP contribution is 2.10. The molecule has 0 bridgehead atoms. The SMILES string of the molecule is N#CC=C(N)c1cccc(C#N)c1. The molecule has 62 valence electrons. The van der Waals surface area contributed by atoms with Gasteiger partial charge in [-0.3, -0.25) is 0 Å². The second-order valence-electron chi connectivity index (χ2n) is 2.42. The molecule has 0 atom stereocenters. The molecule has 0 saturated heterocycles. The Morgan fingerprint density at radius 1 is 1.38 bits per heavy atom. The molecule has 2 N–H and O–H groups in total. The van der Waals surface area contributed by atoms with Crippen molar-refractivity contribution in [1.82, 2.24) is 0 Å². The molecular weight excluding hydrogens is 162 g/mol. The lowest BCUT2D eigenvalue weighted by atomic mass is 10.1. The Balaban J connectivity index is 3.12. The van der Waals surface area contributed by atoms with Crippen LogP contribution in [0.15, 0.2) is 30.3 Å². The summed E-state index contributed by atoms with van der Waals surface area (Å²) in [5, 5.41) is 17.0. The lowest BCUT2D eigenvalue weighted by molar-refractivity contribution is 1.45. The maximum absolute atomic E-state index is 8.60. The van der Waals surface area contributed by atoms with Crippen molar-refractivity contribution in [2.24, 2.45) is 5.73 Å². The van der Waals surface area contributed by atoms with Crippen LogP contribution in [-0.2, 0) is 0 Å². The highest BCUT2D eigenvalue weighted by Gasteiger charge is 1.96. The van der Waals surface area contributed by atoms with Crippen LogP contribution in [0, 0.1) is 22.7 Å². The molecule has 0 aliphatic heterocycles. The predicted octanol–water partition coefficient (Wildman–Crippen LogP) is 1.38. The smallest absolute Gasteiger partial charge is 0.0991 e. The number of hydrogen-bond donors (Lipinski definition) is 1. The number of nitrogens with two attached hydrogens (primary N) is 1. The quantitative estimate of drug-likeness (QED) is 0.645. The Morgan fingerprint density at radius 2 is 2.15 bits per heavy atom. The Hall–Kier alpha value is -2.26. The Bertz CT molecular complexity index is 419. The number of nitriles is 2. The molecule has 0 amide bonds. The summed E-state index contributed by atoms with van der Waals surface area (Å²) in [4.78, 5) is 0. The average Bonchev–Trinajstić information content (AvgIpc) is 2.18. The number of rotatable bonds is 1. The second-order valence-corrected chi connectivity index (χ2v) is 2.42. The van der Waals surface area contributed by atoms with E-state index in [-0.39, 0.29) is 0 Å². The van der Waals surface area contributed by atoms with E-state index < -0.39 is 0 Å². The Labute approximate surface area is 76.3 Å². The van der Waals surface area contributed by atoms with Crippen LogP contribution in [0.4, 0.5) is 0 Å². The Morgan fingerprint density at radius 3 is 2.77 bits per heavy atom. The van der Waals surface area contributed by atoms with Gasteiger partial charge in [0, 0.05) is 11.8 Å². The fourth-order valence-corrected chi connectivity index (χ4v) is 0.921. The molecule has 0 radical (unpaired) electrons. The monoisotopic (exact) mass is 169 g/mol. The van der Waals surface area contributed by atoms with E-state index in [0.717, 1.165) is 0 Å². The lowest BCUT2D eigenvalue weighted by Crippen LogP contribution is -1.95. The molecule has 1 aromatic carbocycles. The van der Waals surface area contributed by atoms with Gasteiger partial charge in [-0.15, -0.1) is 0 Å². The minimum Gasteiger partial charge on any atom is -0.398 e. The number of nitrogens with zero attached hydrogens (tertiary/aromatic N) is 2. The zero-order valence-electron chi connectivity index (χ0n) is 6.86. The van der Waals surface area contributed by atoms with Crippen LogP contribution in [0.1, 0.15) is 11.1 Å². The van der Waals surface area contributed by atoms with Crippen LogP contribution >= 0.6 is 0 Å². The van der Waals surface area contributed by atoms with E-state index in [4.69, 9.17) is 16.3 Å². The molecular formula is C10H7N3. The summed E-state index contributed by atoms with van der Waals surface area (Å²) in [5.74, 6) is 0. The molecule has 1 rings (SSSR count). The zero-order chi connectivity index (χ0) is 9.68. The van der Waals surface area contributed by atoms with Gasteiger partial charge >= 0.3 is 0 Å². The summed E-state index contributed by atoms with van der Waals surface area (Å²) in [6.07, 6.45) is 1.25. The first-order valence-electron chi connectivity index (χ1n) is 3.63. The van der Waals surface area contributed by atoms with E-state index in [1.165, 1.54) is 6.08 Å². The van der Waals surface area contributed by atoms with Gasteiger partial charge in [-0.25, -0.2) is 0 Å². The molecule has 0 aromatic heterocycles. The first-order chi connectivity index (χ1) is 6.27. The van der Waals surface area contributed by atoms with E-state index in [1.54, 1.807) is 24.3 Å². The van der Waals surface area contributed by atoms with Gasteiger partial charge in [0.2, 0.25) is 0 Å². The molecule has 0 saturated carbocycles. The minimum atomic E-state index is 0.375. The van der Waals surface area contributed by atoms with E-state index in [2.05, 4.69) is 0 Å². The molecule has 0 heterocycles. The third kappa shape index (κ3) is 2.08.